The molecule has 3 nitrogen and oxygen atoms in total. The van der Waals surface area contributed by atoms with Crippen LogP contribution in [0, 0.1) is 0 Å². The third kappa shape index (κ3) is 5.42. The predicted molar refractivity (Wildman–Crippen MR) is 274 cm³/mol. The van der Waals surface area contributed by atoms with Crippen molar-refractivity contribution >= 4 is 95.2 Å². The van der Waals surface area contributed by atoms with Crippen LogP contribution in [0.4, 0.5) is 34.1 Å². The minimum atomic E-state index is -0.126. The molecule has 3 heterocycles. The Bertz CT molecular complexity index is 3620. The highest BCUT2D eigenvalue weighted by molar-refractivity contribution is 6.90. The molecule has 0 N–H and O–H groups in total. The Morgan fingerprint density at radius 3 is 1.78 bits per heavy atom. The molecule has 0 fully saturated rings. The monoisotopic (exact) mass is 817 g/mol. The van der Waals surface area contributed by atoms with E-state index in [1.165, 1.54) is 99.2 Å². The first-order valence-corrected chi connectivity index (χ1v) is 22.5. The van der Waals surface area contributed by atoms with Gasteiger partial charge in [0, 0.05) is 61.1 Å². The molecule has 302 valence electrons. The smallest absolute Gasteiger partial charge is 0.333 e. The second-order valence-corrected chi connectivity index (χ2v) is 18.5. The lowest BCUT2D eigenvalue weighted by Gasteiger charge is -2.42. The molecule has 10 aromatic carbocycles. The van der Waals surface area contributed by atoms with Gasteiger partial charge in [0.25, 0.3) is 0 Å². The van der Waals surface area contributed by atoms with E-state index in [4.69, 9.17) is 0 Å². The normalized spacial score (nSPS) is 12.9. The fourth-order valence-corrected chi connectivity index (χ4v) is 10.9. The van der Waals surface area contributed by atoms with Crippen molar-refractivity contribution in [1.82, 2.24) is 4.48 Å². The van der Waals surface area contributed by atoms with Crippen molar-refractivity contribution in [2.75, 3.05) is 9.80 Å². The average Bonchev–Trinajstić information content (AvgIpc) is 3.65. The minimum absolute atomic E-state index is 0.0342. The summed E-state index contributed by atoms with van der Waals surface area (Å²) in [4.78, 5) is 5.02. The lowest BCUT2D eigenvalue weighted by atomic mass is 9.44. The molecule has 1 aromatic heterocycles. The second-order valence-electron chi connectivity index (χ2n) is 18.5. The van der Waals surface area contributed by atoms with Gasteiger partial charge in [-0.2, -0.15) is 0 Å². The third-order valence-corrected chi connectivity index (χ3v) is 13.8. The van der Waals surface area contributed by atoms with Gasteiger partial charge in [-0.25, -0.2) is 0 Å². The van der Waals surface area contributed by atoms with E-state index in [0.29, 0.717) is 0 Å². The molecular formula is C60H44BN3. The number of anilines is 6. The van der Waals surface area contributed by atoms with Crippen LogP contribution in [0.15, 0.2) is 212 Å². The maximum absolute atomic E-state index is 2.70. The average molecular weight is 818 g/mol. The molecule has 2 aliphatic heterocycles. The molecule has 11 aromatic rings. The highest BCUT2D eigenvalue weighted by Crippen LogP contribution is 2.51. The zero-order valence-corrected chi connectivity index (χ0v) is 36.1. The Hall–Kier alpha value is -7.82. The first kappa shape index (κ1) is 36.8. The number of para-hydroxylation sites is 3. The molecule has 0 aliphatic carbocycles. The van der Waals surface area contributed by atoms with Gasteiger partial charge in [0.1, 0.15) is 0 Å². The standard InChI is InChI=1S/C60H44BN3/c1-60(2,3)43-30-32-54(50(37-43)39-18-7-4-8-19-39)63-55-33-31-46(62(44-23-9-5-10-24-44)45-25-11-6-12-26-45)38-53(55)61-57-52(35-42-22-15-16-27-47(42)59(57)63)49-29-17-28-48-51-34-40-20-13-14-21-41(40)36-56(51)64(61)58(48)49/h4-38H,1-3H3. The Balaban J connectivity index is 1.20. The summed E-state index contributed by atoms with van der Waals surface area (Å²) in [5.41, 5.74) is 18.3. The van der Waals surface area contributed by atoms with Crippen LogP contribution in [0.5, 0.6) is 0 Å². The maximum Gasteiger partial charge on any atom is 0.333 e. The van der Waals surface area contributed by atoms with Crippen LogP contribution in [0.25, 0.3) is 65.6 Å². The fraction of sp³-hybridized carbons (Fsp3) is 0.0667. The van der Waals surface area contributed by atoms with Gasteiger partial charge in [-0.1, -0.05) is 160 Å². The van der Waals surface area contributed by atoms with Gasteiger partial charge < -0.3 is 14.3 Å². The molecule has 64 heavy (non-hydrogen) atoms. The van der Waals surface area contributed by atoms with E-state index in [2.05, 4.69) is 247 Å². The Kier molecular flexibility index (Phi) is 7.96. The van der Waals surface area contributed by atoms with Crippen LogP contribution in [-0.4, -0.2) is 11.3 Å². The largest absolute Gasteiger partial charge is 0.375 e. The number of fused-ring (bicyclic) bond motifs is 10. The SMILES string of the molecule is CC(C)(C)c1ccc(N2c3ccc(N(c4ccccc4)c4ccccc4)cc3B3c4c(cc5ccccc5c42)-c2cccc4c5cc6ccccc6cc5n3c24)c(-c2ccccc2)c1. The summed E-state index contributed by atoms with van der Waals surface area (Å²) in [5, 5.41) is 7.56. The van der Waals surface area contributed by atoms with E-state index in [-0.39, 0.29) is 12.3 Å². The van der Waals surface area contributed by atoms with Gasteiger partial charge in [-0.3, -0.25) is 0 Å². The predicted octanol–water partition coefficient (Wildman–Crippen LogP) is 15.0. The van der Waals surface area contributed by atoms with Gasteiger partial charge in [-0.05, 0) is 122 Å². The van der Waals surface area contributed by atoms with Gasteiger partial charge in [-0.15, -0.1) is 0 Å². The zero-order valence-electron chi connectivity index (χ0n) is 36.1. The summed E-state index contributed by atoms with van der Waals surface area (Å²) in [5.74, 6) is 0. The highest BCUT2D eigenvalue weighted by atomic mass is 15.2. The zero-order chi connectivity index (χ0) is 42.7. The summed E-state index contributed by atoms with van der Waals surface area (Å²) in [6.45, 7) is 6.82. The van der Waals surface area contributed by atoms with Gasteiger partial charge in [0.05, 0.1) is 11.4 Å². The minimum Gasteiger partial charge on any atom is -0.375 e. The molecule has 13 rings (SSSR count). The van der Waals surface area contributed by atoms with Crippen molar-refractivity contribution < 1.29 is 0 Å². The van der Waals surface area contributed by atoms with Crippen molar-refractivity contribution in [2.24, 2.45) is 0 Å². The van der Waals surface area contributed by atoms with Crippen LogP contribution >= 0.6 is 0 Å². The third-order valence-electron chi connectivity index (χ3n) is 13.8. The summed E-state index contributed by atoms with van der Waals surface area (Å²) in [6.07, 6.45) is 0. The van der Waals surface area contributed by atoms with E-state index < -0.39 is 0 Å². The molecule has 0 saturated carbocycles. The van der Waals surface area contributed by atoms with Crippen LogP contribution in [0.3, 0.4) is 0 Å². The lowest BCUT2D eigenvalue weighted by Crippen LogP contribution is -2.56. The number of nitrogens with zero attached hydrogens (tertiary/aromatic N) is 3. The van der Waals surface area contributed by atoms with Gasteiger partial charge in [0.15, 0.2) is 0 Å². The highest BCUT2D eigenvalue weighted by Gasteiger charge is 2.44. The Labute approximate surface area is 374 Å². The van der Waals surface area contributed by atoms with Crippen LogP contribution in [0.2, 0.25) is 0 Å². The van der Waals surface area contributed by atoms with E-state index in [9.17, 15) is 0 Å². The molecule has 2 aliphatic rings. The number of hydrogen-bond donors (Lipinski definition) is 0. The number of hydrogen-bond acceptors (Lipinski definition) is 2. The molecule has 0 atom stereocenters. The lowest BCUT2D eigenvalue weighted by molar-refractivity contribution is 0.590. The fourth-order valence-electron chi connectivity index (χ4n) is 10.9. The summed E-state index contributed by atoms with van der Waals surface area (Å²) in [7, 11) is 0. The van der Waals surface area contributed by atoms with Crippen molar-refractivity contribution in [2.45, 2.75) is 26.2 Å². The number of rotatable bonds is 5. The molecule has 4 heteroatoms. The Morgan fingerprint density at radius 2 is 1.06 bits per heavy atom. The van der Waals surface area contributed by atoms with E-state index in [0.717, 1.165) is 17.1 Å². The summed E-state index contributed by atoms with van der Waals surface area (Å²) < 4.78 is 2.70. The van der Waals surface area contributed by atoms with E-state index >= 15 is 0 Å². The quantitative estimate of drug-likeness (QED) is 0.160. The molecular weight excluding hydrogens is 773 g/mol. The first-order chi connectivity index (χ1) is 31.4. The maximum atomic E-state index is 2.70. The number of aromatic nitrogens is 1. The molecule has 0 spiro atoms. The molecule has 0 bridgehead atoms. The second kappa shape index (κ2) is 13.8. The topological polar surface area (TPSA) is 11.4 Å². The van der Waals surface area contributed by atoms with Crippen LogP contribution < -0.4 is 20.7 Å². The van der Waals surface area contributed by atoms with Crippen molar-refractivity contribution in [1.29, 1.82) is 0 Å². The van der Waals surface area contributed by atoms with Gasteiger partial charge in [0.2, 0.25) is 0 Å². The molecule has 0 unspecified atom stereocenters. The van der Waals surface area contributed by atoms with Crippen LogP contribution in [-0.2, 0) is 5.41 Å². The summed E-state index contributed by atoms with van der Waals surface area (Å²) in [6, 6.07) is 79.1. The van der Waals surface area contributed by atoms with Crippen LogP contribution in [0.1, 0.15) is 26.3 Å². The van der Waals surface area contributed by atoms with E-state index in [1.807, 2.05) is 0 Å². The molecule has 0 radical (unpaired) electrons. The van der Waals surface area contributed by atoms with E-state index in [1.54, 1.807) is 0 Å². The molecule has 0 saturated heterocycles. The Morgan fingerprint density at radius 1 is 0.438 bits per heavy atom. The van der Waals surface area contributed by atoms with Crippen molar-refractivity contribution in [3.8, 4) is 22.3 Å². The number of benzene rings is 10. The summed E-state index contributed by atoms with van der Waals surface area (Å²) >= 11 is 0. The molecule has 0 amide bonds. The van der Waals surface area contributed by atoms with Gasteiger partial charge >= 0.3 is 6.85 Å². The first-order valence-electron chi connectivity index (χ1n) is 22.5. The van der Waals surface area contributed by atoms with Crippen molar-refractivity contribution in [3.05, 3.63) is 218 Å². The van der Waals surface area contributed by atoms with Crippen molar-refractivity contribution in [3.63, 3.8) is 0 Å².